The molecule has 0 radical (unpaired) electrons. The zero-order valence-electron chi connectivity index (χ0n) is 6.25. The Hall–Kier alpha value is 0.01000. The molecule has 3 heteroatoms. The topological polar surface area (TPSA) is 12.0 Å². The minimum absolute atomic E-state index is 0.836. The Balaban J connectivity index is 1.66. The summed E-state index contributed by atoms with van der Waals surface area (Å²) in [4.78, 5) is 0. The van der Waals surface area contributed by atoms with E-state index in [1.807, 2.05) is 23.1 Å². The first-order chi connectivity index (χ1) is 5.45. The highest BCUT2D eigenvalue weighted by atomic mass is 32.2. The SMILES string of the molecule is c1csc(SCNC2CC2)c1. The summed E-state index contributed by atoms with van der Waals surface area (Å²) >= 11 is 3.72. The minimum atomic E-state index is 0.836. The molecule has 1 aromatic rings. The molecule has 1 saturated carbocycles. The molecule has 0 amide bonds. The molecule has 1 heterocycles. The molecule has 2 rings (SSSR count). The van der Waals surface area contributed by atoms with Gasteiger partial charge in [0.2, 0.25) is 0 Å². The predicted molar refractivity (Wildman–Crippen MR) is 51.2 cm³/mol. The van der Waals surface area contributed by atoms with Crippen molar-refractivity contribution in [3.63, 3.8) is 0 Å². The molecule has 0 spiro atoms. The first-order valence-electron chi connectivity index (χ1n) is 3.85. The van der Waals surface area contributed by atoms with Crippen LogP contribution in [0.1, 0.15) is 12.8 Å². The van der Waals surface area contributed by atoms with Crippen LogP contribution in [0.2, 0.25) is 0 Å². The van der Waals surface area contributed by atoms with Gasteiger partial charge in [0.1, 0.15) is 0 Å². The molecule has 0 aromatic carbocycles. The molecular weight excluding hydrogens is 174 g/mol. The van der Waals surface area contributed by atoms with Crippen molar-refractivity contribution in [3.8, 4) is 0 Å². The van der Waals surface area contributed by atoms with Gasteiger partial charge in [-0.3, -0.25) is 0 Å². The molecular formula is C8H11NS2. The molecule has 0 unspecified atom stereocenters. The fourth-order valence-electron chi connectivity index (χ4n) is 0.864. The van der Waals surface area contributed by atoms with E-state index in [0.29, 0.717) is 0 Å². The average Bonchev–Trinajstić information content (AvgIpc) is 2.66. The molecule has 1 aliphatic rings. The van der Waals surface area contributed by atoms with E-state index in [-0.39, 0.29) is 0 Å². The molecule has 0 saturated heterocycles. The fourth-order valence-corrected chi connectivity index (χ4v) is 2.56. The lowest BCUT2D eigenvalue weighted by Crippen LogP contribution is -2.14. The molecule has 11 heavy (non-hydrogen) atoms. The summed E-state index contributed by atoms with van der Waals surface area (Å²) in [6, 6.07) is 5.11. The van der Waals surface area contributed by atoms with Crippen molar-refractivity contribution >= 4 is 23.1 Å². The Labute approximate surface area is 75.2 Å². The molecule has 0 bridgehead atoms. The van der Waals surface area contributed by atoms with E-state index in [0.717, 1.165) is 11.9 Å². The first kappa shape index (κ1) is 7.65. The minimum Gasteiger partial charge on any atom is -0.305 e. The summed E-state index contributed by atoms with van der Waals surface area (Å²) in [5, 5.41) is 5.59. The van der Waals surface area contributed by atoms with Gasteiger partial charge in [-0.15, -0.1) is 11.3 Å². The number of hydrogen-bond acceptors (Lipinski definition) is 3. The van der Waals surface area contributed by atoms with Gasteiger partial charge in [0.25, 0.3) is 0 Å². The van der Waals surface area contributed by atoms with E-state index in [1.54, 1.807) is 0 Å². The van der Waals surface area contributed by atoms with Gasteiger partial charge in [-0.25, -0.2) is 0 Å². The van der Waals surface area contributed by atoms with Crippen LogP contribution in [0.3, 0.4) is 0 Å². The van der Waals surface area contributed by atoms with E-state index in [2.05, 4.69) is 22.8 Å². The van der Waals surface area contributed by atoms with Crippen molar-refractivity contribution in [2.24, 2.45) is 0 Å². The van der Waals surface area contributed by atoms with Crippen LogP contribution in [0.25, 0.3) is 0 Å². The maximum atomic E-state index is 3.46. The summed E-state index contributed by atoms with van der Waals surface area (Å²) in [6.45, 7) is 0. The van der Waals surface area contributed by atoms with Crippen LogP contribution in [0.15, 0.2) is 21.7 Å². The number of rotatable bonds is 4. The molecule has 1 N–H and O–H groups in total. The van der Waals surface area contributed by atoms with Gasteiger partial charge < -0.3 is 5.32 Å². The van der Waals surface area contributed by atoms with Crippen molar-refractivity contribution in [1.82, 2.24) is 5.32 Å². The average molecular weight is 185 g/mol. The van der Waals surface area contributed by atoms with Gasteiger partial charge >= 0.3 is 0 Å². The summed E-state index contributed by atoms with van der Waals surface area (Å²) in [5.74, 6) is 1.07. The summed E-state index contributed by atoms with van der Waals surface area (Å²) in [5.41, 5.74) is 0. The number of thiophene rings is 1. The monoisotopic (exact) mass is 185 g/mol. The second kappa shape index (κ2) is 3.61. The van der Waals surface area contributed by atoms with Gasteiger partial charge in [-0.1, -0.05) is 17.8 Å². The molecule has 1 aliphatic carbocycles. The maximum Gasteiger partial charge on any atom is 0.0610 e. The molecule has 1 fully saturated rings. The Bertz CT molecular complexity index is 204. The van der Waals surface area contributed by atoms with Crippen molar-refractivity contribution < 1.29 is 0 Å². The molecule has 1 nitrogen and oxygen atoms in total. The van der Waals surface area contributed by atoms with Crippen LogP contribution in [-0.2, 0) is 0 Å². The summed E-state index contributed by atoms with van der Waals surface area (Å²) < 4.78 is 1.41. The van der Waals surface area contributed by atoms with E-state index >= 15 is 0 Å². The van der Waals surface area contributed by atoms with Crippen molar-refractivity contribution in [2.45, 2.75) is 23.1 Å². The second-order valence-corrected chi connectivity index (χ2v) is 4.92. The number of nitrogens with one attached hydrogen (secondary N) is 1. The lowest BCUT2D eigenvalue weighted by Gasteiger charge is -1.98. The standard InChI is InChI=1S/C8H11NS2/c1-2-8(10-5-1)11-6-9-7-3-4-7/h1-2,5,7,9H,3-4,6H2. The van der Waals surface area contributed by atoms with E-state index in [9.17, 15) is 0 Å². The zero-order valence-corrected chi connectivity index (χ0v) is 7.88. The third-order valence-electron chi connectivity index (χ3n) is 1.66. The van der Waals surface area contributed by atoms with Crippen LogP contribution < -0.4 is 5.32 Å². The highest BCUT2D eigenvalue weighted by Gasteiger charge is 2.19. The van der Waals surface area contributed by atoms with Gasteiger partial charge in [0, 0.05) is 11.9 Å². The Kier molecular flexibility index (Phi) is 2.51. The predicted octanol–water partition coefficient (Wildman–Crippen LogP) is 2.55. The van der Waals surface area contributed by atoms with Crippen molar-refractivity contribution in [1.29, 1.82) is 0 Å². The van der Waals surface area contributed by atoms with Crippen LogP contribution in [0, 0.1) is 0 Å². The van der Waals surface area contributed by atoms with Crippen molar-refractivity contribution in [3.05, 3.63) is 17.5 Å². The molecule has 1 aromatic heterocycles. The quantitative estimate of drug-likeness (QED) is 0.571. The highest BCUT2D eigenvalue weighted by molar-refractivity contribution is 8.01. The lowest BCUT2D eigenvalue weighted by atomic mass is 10.7. The van der Waals surface area contributed by atoms with E-state index in [1.165, 1.54) is 17.1 Å². The van der Waals surface area contributed by atoms with Gasteiger partial charge in [-0.2, -0.15) is 0 Å². The lowest BCUT2D eigenvalue weighted by molar-refractivity contribution is 0.789. The third-order valence-corrected chi connectivity index (χ3v) is 3.69. The fraction of sp³-hybridized carbons (Fsp3) is 0.500. The van der Waals surface area contributed by atoms with Crippen LogP contribution >= 0.6 is 23.1 Å². The molecule has 60 valence electrons. The van der Waals surface area contributed by atoms with Crippen LogP contribution in [-0.4, -0.2) is 11.9 Å². The Morgan fingerprint density at radius 3 is 3.18 bits per heavy atom. The Morgan fingerprint density at radius 1 is 1.64 bits per heavy atom. The number of thioether (sulfide) groups is 1. The summed E-state index contributed by atoms with van der Waals surface area (Å²) in [6.07, 6.45) is 2.76. The van der Waals surface area contributed by atoms with Gasteiger partial charge in [-0.05, 0) is 24.3 Å². The van der Waals surface area contributed by atoms with Crippen molar-refractivity contribution in [2.75, 3.05) is 5.88 Å². The van der Waals surface area contributed by atoms with Crippen LogP contribution in [0.5, 0.6) is 0 Å². The molecule has 0 atom stereocenters. The second-order valence-electron chi connectivity index (χ2n) is 2.70. The highest BCUT2D eigenvalue weighted by Crippen LogP contribution is 2.24. The zero-order chi connectivity index (χ0) is 7.52. The maximum absolute atomic E-state index is 3.46. The smallest absolute Gasteiger partial charge is 0.0610 e. The van der Waals surface area contributed by atoms with Gasteiger partial charge in [0.15, 0.2) is 0 Å². The summed E-state index contributed by atoms with van der Waals surface area (Å²) in [7, 11) is 0. The number of hydrogen-bond donors (Lipinski definition) is 1. The van der Waals surface area contributed by atoms with E-state index in [4.69, 9.17) is 0 Å². The molecule has 0 aliphatic heterocycles. The van der Waals surface area contributed by atoms with Gasteiger partial charge in [0.05, 0.1) is 4.21 Å². The largest absolute Gasteiger partial charge is 0.305 e. The normalized spacial score (nSPS) is 17.1. The Morgan fingerprint density at radius 2 is 2.55 bits per heavy atom. The van der Waals surface area contributed by atoms with Crippen LogP contribution in [0.4, 0.5) is 0 Å². The third kappa shape index (κ3) is 2.51. The van der Waals surface area contributed by atoms with E-state index < -0.39 is 0 Å². The first-order valence-corrected chi connectivity index (χ1v) is 5.71.